The van der Waals surface area contributed by atoms with Gasteiger partial charge in [0.25, 0.3) is 0 Å². The summed E-state index contributed by atoms with van der Waals surface area (Å²) < 4.78 is 2.27. The van der Waals surface area contributed by atoms with Crippen molar-refractivity contribution in [3.63, 3.8) is 0 Å². The van der Waals surface area contributed by atoms with E-state index in [1.807, 2.05) is 13.0 Å². The zero-order chi connectivity index (χ0) is 13.5. The number of hydrogen-bond donors (Lipinski definition) is 1. The predicted molar refractivity (Wildman–Crippen MR) is 75.5 cm³/mol. The number of carbonyl (C=O) groups is 1. The molecule has 0 aliphatic carbocycles. The van der Waals surface area contributed by atoms with Gasteiger partial charge in [-0.1, -0.05) is 6.92 Å². The molecule has 3 rings (SSSR count). The number of nitrogens with one attached hydrogen (secondary N) is 1. The molecule has 4 heteroatoms. The van der Waals surface area contributed by atoms with Crippen LogP contribution in [0.1, 0.15) is 42.4 Å². The predicted octanol–water partition coefficient (Wildman–Crippen LogP) is 1.60. The SMILES string of the molecule is CCC(=O)c1ccc2n1CCN(C)C21CCNCC1. The summed E-state index contributed by atoms with van der Waals surface area (Å²) in [5.74, 6) is 0.264. The second-order valence-corrected chi connectivity index (χ2v) is 5.74. The molecule has 19 heavy (non-hydrogen) atoms. The number of carbonyl (C=O) groups excluding carboxylic acids is 1. The Hall–Kier alpha value is -1.13. The molecule has 1 saturated heterocycles. The maximum Gasteiger partial charge on any atom is 0.178 e. The highest BCUT2D eigenvalue weighted by Crippen LogP contribution is 2.39. The van der Waals surface area contributed by atoms with Gasteiger partial charge in [0.15, 0.2) is 5.78 Å². The van der Waals surface area contributed by atoms with E-state index in [0.717, 1.165) is 44.7 Å². The highest BCUT2D eigenvalue weighted by Gasteiger charge is 2.42. The minimum Gasteiger partial charge on any atom is -0.339 e. The Kier molecular flexibility index (Phi) is 3.23. The highest BCUT2D eigenvalue weighted by atomic mass is 16.1. The monoisotopic (exact) mass is 261 g/mol. The van der Waals surface area contributed by atoms with Gasteiger partial charge in [0.2, 0.25) is 0 Å². The van der Waals surface area contributed by atoms with Gasteiger partial charge in [0.05, 0.1) is 11.2 Å². The average molecular weight is 261 g/mol. The van der Waals surface area contributed by atoms with Crippen molar-refractivity contribution in [2.24, 2.45) is 0 Å². The summed E-state index contributed by atoms with van der Waals surface area (Å²) in [5, 5.41) is 3.45. The topological polar surface area (TPSA) is 37.3 Å². The van der Waals surface area contributed by atoms with Gasteiger partial charge < -0.3 is 9.88 Å². The number of likely N-dealkylation sites (N-methyl/N-ethyl adjacent to an activating group) is 1. The molecule has 1 aromatic rings. The first kappa shape index (κ1) is 12.9. The minimum atomic E-state index is 0.135. The normalized spacial score (nSPS) is 22.4. The first-order valence-electron chi connectivity index (χ1n) is 7.34. The molecule has 1 N–H and O–H groups in total. The smallest absolute Gasteiger partial charge is 0.178 e. The first-order valence-corrected chi connectivity index (χ1v) is 7.34. The van der Waals surface area contributed by atoms with Gasteiger partial charge in [0.1, 0.15) is 0 Å². The van der Waals surface area contributed by atoms with Crippen LogP contribution in [0.25, 0.3) is 0 Å². The standard InChI is InChI=1S/C15H23N3O/c1-3-13(19)12-4-5-14-15(6-8-16-9-7-15)17(2)10-11-18(12)14/h4-5,16H,3,6-11H2,1-2H3. The van der Waals surface area contributed by atoms with E-state index in [4.69, 9.17) is 0 Å². The molecule has 1 aromatic heterocycles. The maximum atomic E-state index is 12.1. The zero-order valence-corrected chi connectivity index (χ0v) is 11.9. The van der Waals surface area contributed by atoms with Gasteiger partial charge in [-0.2, -0.15) is 0 Å². The molecular weight excluding hydrogens is 238 g/mol. The molecule has 0 saturated carbocycles. The fraction of sp³-hybridized carbons (Fsp3) is 0.667. The molecule has 0 radical (unpaired) electrons. The molecule has 1 spiro atoms. The zero-order valence-electron chi connectivity index (χ0n) is 11.9. The highest BCUT2D eigenvalue weighted by molar-refractivity contribution is 5.94. The van der Waals surface area contributed by atoms with Gasteiger partial charge in [0, 0.05) is 25.2 Å². The summed E-state index contributed by atoms with van der Waals surface area (Å²) in [7, 11) is 2.23. The number of Topliss-reactive ketones (excluding diaryl/α,β-unsaturated/α-hetero) is 1. The van der Waals surface area contributed by atoms with Crippen LogP contribution in [0.5, 0.6) is 0 Å². The Labute approximate surface area is 114 Å². The number of fused-ring (bicyclic) bond motifs is 2. The molecular formula is C15H23N3O. The van der Waals surface area contributed by atoms with Crippen molar-refractivity contribution in [1.29, 1.82) is 0 Å². The second-order valence-electron chi connectivity index (χ2n) is 5.74. The number of hydrogen-bond acceptors (Lipinski definition) is 3. The largest absolute Gasteiger partial charge is 0.339 e. The summed E-state index contributed by atoms with van der Waals surface area (Å²) in [6.07, 6.45) is 2.86. The lowest BCUT2D eigenvalue weighted by molar-refractivity contribution is 0.0473. The molecule has 0 atom stereocenters. The van der Waals surface area contributed by atoms with E-state index in [9.17, 15) is 4.79 Å². The molecule has 4 nitrogen and oxygen atoms in total. The number of aromatic nitrogens is 1. The molecule has 3 heterocycles. The Bertz CT molecular complexity index is 486. The van der Waals surface area contributed by atoms with Crippen LogP contribution < -0.4 is 5.32 Å². The summed E-state index contributed by atoms with van der Waals surface area (Å²) in [6.45, 7) is 6.04. The number of piperidine rings is 1. The van der Waals surface area contributed by atoms with E-state index in [-0.39, 0.29) is 11.3 Å². The number of ketones is 1. The number of rotatable bonds is 2. The number of nitrogens with zero attached hydrogens (tertiary/aromatic N) is 2. The molecule has 0 unspecified atom stereocenters. The molecule has 1 fully saturated rings. The fourth-order valence-corrected chi connectivity index (χ4v) is 3.68. The average Bonchev–Trinajstić information content (AvgIpc) is 2.88. The van der Waals surface area contributed by atoms with Gasteiger partial charge in [-0.05, 0) is 45.1 Å². The van der Waals surface area contributed by atoms with E-state index < -0.39 is 0 Å². The molecule has 104 valence electrons. The maximum absolute atomic E-state index is 12.1. The van der Waals surface area contributed by atoms with Crippen LogP contribution in [-0.4, -0.2) is 41.9 Å². The molecule has 2 aliphatic heterocycles. The van der Waals surface area contributed by atoms with E-state index >= 15 is 0 Å². The lowest BCUT2D eigenvalue weighted by Crippen LogP contribution is -2.55. The van der Waals surface area contributed by atoms with Crippen molar-refractivity contribution >= 4 is 5.78 Å². The minimum absolute atomic E-state index is 0.135. The third kappa shape index (κ3) is 1.85. The van der Waals surface area contributed by atoms with E-state index in [2.05, 4.69) is 27.9 Å². The van der Waals surface area contributed by atoms with Crippen LogP contribution in [0.15, 0.2) is 12.1 Å². The summed E-state index contributed by atoms with van der Waals surface area (Å²) in [5.41, 5.74) is 2.39. The Balaban J connectivity index is 2.06. The Morgan fingerprint density at radius 2 is 2.05 bits per heavy atom. The molecule has 0 bridgehead atoms. The van der Waals surface area contributed by atoms with Crippen molar-refractivity contribution in [2.75, 3.05) is 26.7 Å². The Morgan fingerprint density at radius 1 is 1.32 bits per heavy atom. The van der Waals surface area contributed by atoms with Gasteiger partial charge in [-0.3, -0.25) is 9.69 Å². The van der Waals surface area contributed by atoms with Crippen molar-refractivity contribution < 1.29 is 4.79 Å². The van der Waals surface area contributed by atoms with Crippen molar-refractivity contribution in [1.82, 2.24) is 14.8 Å². The summed E-state index contributed by atoms with van der Waals surface area (Å²) in [4.78, 5) is 14.5. The molecule has 0 aromatic carbocycles. The van der Waals surface area contributed by atoms with Gasteiger partial charge >= 0.3 is 0 Å². The third-order valence-electron chi connectivity index (χ3n) is 4.88. The lowest BCUT2D eigenvalue weighted by atomic mass is 9.82. The van der Waals surface area contributed by atoms with Crippen molar-refractivity contribution in [3.05, 3.63) is 23.5 Å². The van der Waals surface area contributed by atoms with E-state index in [0.29, 0.717) is 6.42 Å². The summed E-state index contributed by atoms with van der Waals surface area (Å²) >= 11 is 0. The van der Waals surface area contributed by atoms with Crippen LogP contribution in [0.3, 0.4) is 0 Å². The summed E-state index contributed by atoms with van der Waals surface area (Å²) in [6, 6.07) is 4.22. The lowest BCUT2D eigenvalue weighted by Gasteiger charge is -2.48. The van der Waals surface area contributed by atoms with Gasteiger partial charge in [-0.25, -0.2) is 0 Å². The molecule has 0 amide bonds. The van der Waals surface area contributed by atoms with E-state index in [1.165, 1.54) is 5.69 Å². The van der Waals surface area contributed by atoms with Crippen LogP contribution in [0.2, 0.25) is 0 Å². The quantitative estimate of drug-likeness (QED) is 0.822. The van der Waals surface area contributed by atoms with E-state index in [1.54, 1.807) is 0 Å². The van der Waals surface area contributed by atoms with Crippen LogP contribution in [0.4, 0.5) is 0 Å². The second kappa shape index (κ2) is 4.76. The Morgan fingerprint density at radius 3 is 2.74 bits per heavy atom. The fourth-order valence-electron chi connectivity index (χ4n) is 3.68. The van der Waals surface area contributed by atoms with Gasteiger partial charge in [-0.15, -0.1) is 0 Å². The van der Waals surface area contributed by atoms with Crippen LogP contribution >= 0.6 is 0 Å². The first-order chi connectivity index (χ1) is 9.19. The van der Waals surface area contributed by atoms with Crippen molar-refractivity contribution in [3.8, 4) is 0 Å². The van der Waals surface area contributed by atoms with Crippen LogP contribution in [-0.2, 0) is 12.1 Å². The van der Waals surface area contributed by atoms with Crippen molar-refractivity contribution in [2.45, 2.75) is 38.3 Å². The third-order valence-corrected chi connectivity index (χ3v) is 4.88. The molecule has 2 aliphatic rings. The van der Waals surface area contributed by atoms with Crippen LogP contribution in [0, 0.1) is 0 Å².